The number of nitrogens with zero attached hydrogens (tertiary/aromatic N) is 2. The van der Waals surface area contributed by atoms with Gasteiger partial charge in [-0.25, -0.2) is 4.39 Å². The van der Waals surface area contributed by atoms with Gasteiger partial charge in [-0.2, -0.15) is 5.10 Å². The molecule has 0 spiro atoms. The molecule has 0 saturated heterocycles. The fourth-order valence-electron chi connectivity index (χ4n) is 3.13. The lowest BCUT2D eigenvalue weighted by molar-refractivity contribution is -0.121. The third-order valence-corrected chi connectivity index (χ3v) is 5.28. The van der Waals surface area contributed by atoms with Crippen molar-refractivity contribution in [2.75, 3.05) is 20.1 Å². The van der Waals surface area contributed by atoms with Gasteiger partial charge in [0, 0.05) is 35.8 Å². The van der Waals surface area contributed by atoms with E-state index in [1.807, 2.05) is 37.4 Å². The van der Waals surface area contributed by atoms with E-state index >= 15 is 0 Å². The van der Waals surface area contributed by atoms with E-state index in [0.717, 1.165) is 41.9 Å². The number of hydrogen-bond acceptors (Lipinski definition) is 3. The monoisotopic (exact) mass is 428 g/mol. The molecule has 2 N–H and O–H groups in total. The van der Waals surface area contributed by atoms with Crippen LogP contribution in [0.5, 0.6) is 0 Å². The Kier molecular flexibility index (Phi) is 7.99. The van der Waals surface area contributed by atoms with Crippen molar-refractivity contribution >= 4 is 17.5 Å². The number of amides is 1. The first-order valence-corrected chi connectivity index (χ1v) is 10.4. The highest BCUT2D eigenvalue weighted by molar-refractivity contribution is 6.31. The summed E-state index contributed by atoms with van der Waals surface area (Å²) in [5.74, 6) is -0.241. The number of H-pyrrole nitrogens is 1. The van der Waals surface area contributed by atoms with Crippen molar-refractivity contribution in [2.45, 2.75) is 25.8 Å². The van der Waals surface area contributed by atoms with E-state index in [-0.39, 0.29) is 11.7 Å². The van der Waals surface area contributed by atoms with E-state index in [4.69, 9.17) is 11.6 Å². The highest BCUT2D eigenvalue weighted by atomic mass is 35.5. The maximum Gasteiger partial charge on any atom is 0.221 e. The van der Waals surface area contributed by atoms with Crippen LogP contribution in [0.1, 0.15) is 24.1 Å². The topological polar surface area (TPSA) is 61.0 Å². The van der Waals surface area contributed by atoms with Crippen LogP contribution in [0.15, 0.2) is 54.6 Å². The first-order valence-electron chi connectivity index (χ1n) is 10.00. The van der Waals surface area contributed by atoms with Gasteiger partial charge in [-0.3, -0.25) is 9.89 Å². The van der Waals surface area contributed by atoms with Crippen molar-refractivity contribution in [1.82, 2.24) is 20.4 Å². The Morgan fingerprint density at radius 1 is 1.17 bits per heavy atom. The Morgan fingerprint density at radius 2 is 1.93 bits per heavy atom. The molecule has 7 heteroatoms. The Morgan fingerprint density at radius 3 is 2.70 bits per heavy atom. The molecular formula is C23H26ClFN4O. The summed E-state index contributed by atoms with van der Waals surface area (Å²) in [7, 11) is 2.01. The quantitative estimate of drug-likeness (QED) is 0.502. The molecule has 0 bridgehead atoms. The van der Waals surface area contributed by atoms with Crippen LogP contribution in [0.2, 0.25) is 5.02 Å². The third-order valence-electron chi connectivity index (χ3n) is 4.91. The van der Waals surface area contributed by atoms with Crippen LogP contribution in [0.4, 0.5) is 4.39 Å². The predicted molar refractivity (Wildman–Crippen MR) is 118 cm³/mol. The summed E-state index contributed by atoms with van der Waals surface area (Å²) in [6.45, 7) is 2.01. The second kappa shape index (κ2) is 10.9. The minimum Gasteiger partial charge on any atom is -0.352 e. The Balaban J connectivity index is 1.34. The normalized spacial score (nSPS) is 11.1. The first kappa shape index (κ1) is 22.0. The summed E-state index contributed by atoms with van der Waals surface area (Å²) in [5.41, 5.74) is 3.66. The largest absolute Gasteiger partial charge is 0.352 e. The average molecular weight is 429 g/mol. The molecule has 1 aromatic heterocycles. The van der Waals surface area contributed by atoms with Gasteiger partial charge < -0.3 is 10.2 Å². The van der Waals surface area contributed by atoms with Crippen molar-refractivity contribution in [3.05, 3.63) is 76.7 Å². The van der Waals surface area contributed by atoms with Gasteiger partial charge in [-0.15, -0.1) is 0 Å². The SMILES string of the molecule is CN(CCCc1cc(-c2ccc(F)cc2)n[nH]1)CCC(=O)NCc1ccccc1Cl. The molecule has 158 valence electrons. The number of carbonyl (C=O) groups excluding carboxylic acids is 1. The molecule has 0 aliphatic rings. The molecule has 0 unspecified atom stereocenters. The molecule has 0 radical (unpaired) electrons. The highest BCUT2D eigenvalue weighted by Gasteiger charge is 2.08. The van der Waals surface area contributed by atoms with E-state index in [1.165, 1.54) is 12.1 Å². The van der Waals surface area contributed by atoms with E-state index in [2.05, 4.69) is 20.4 Å². The molecule has 5 nitrogen and oxygen atoms in total. The molecule has 3 rings (SSSR count). The number of nitrogens with one attached hydrogen (secondary N) is 2. The smallest absolute Gasteiger partial charge is 0.221 e. The van der Waals surface area contributed by atoms with Gasteiger partial charge in [0.1, 0.15) is 5.82 Å². The lowest BCUT2D eigenvalue weighted by Gasteiger charge is -2.16. The van der Waals surface area contributed by atoms with Crippen molar-refractivity contribution in [1.29, 1.82) is 0 Å². The number of carbonyl (C=O) groups is 1. The van der Waals surface area contributed by atoms with Gasteiger partial charge in [-0.05, 0) is 68.4 Å². The Hall–Kier alpha value is -2.70. The summed E-state index contributed by atoms with van der Waals surface area (Å²) in [4.78, 5) is 14.2. The van der Waals surface area contributed by atoms with Crippen LogP contribution < -0.4 is 5.32 Å². The summed E-state index contributed by atoms with van der Waals surface area (Å²) in [6, 6.07) is 15.8. The Labute approximate surface area is 181 Å². The molecule has 0 saturated carbocycles. The lowest BCUT2D eigenvalue weighted by atomic mass is 10.1. The van der Waals surface area contributed by atoms with Crippen molar-refractivity contribution in [3.63, 3.8) is 0 Å². The fourth-order valence-corrected chi connectivity index (χ4v) is 3.33. The van der Waals surface area contributed by atoms with Gasteiger partial charge >= 0.3 is 0 Å². The number of aryl methyl sites for hydroxylation is 1. The highest BCUT2D eigenvalue weighted by Crippen LogP contribution is 2.18. The molecular weight excluding hydrogens is 403 g/mol. The summed E-state index contributed by atoms with van der Waals surface area (Å²) in [6.07, 6.45) is 2.25. The maximum absolute atomic E-state index is 13.0. The molecule has 0 atom stereocenters. The molecule has 2 aromatic carbocycles. The number of aromatic amines is 1. The van der Waals surface area contributed by atoms with Crippen LogP contribution >= 0.6 is 11.6 Å². The zero-order valence-corrected chi connectivity index (χ0v) is 17.8. The van der Waals surface area contributed by atoms with Gasteiger partial charge in [-0.1, -0.05) is 29.8 Å². The molecule has 3 aromatic rings. The summed E-state index contributed by atoms with van der Waals surface area (Å²) >= 11 is 6.10. The third kappa shape index (κ3) is 6.68. The van der Waals surface area contributed by atoms with Crippen LogP contribution in [0.25, 0.3) is 11.3 Å². The van der Waals surface area contributed by atoms with Gasteiger partial charge in [0.15, 0.2) is 0 Å². The summed E-state index contributed by atoms with van der Waals surface area (Å²) in [5, 5.41) is 10.9. The summed E-state index contributed by atoms with van der Waals surface area (Å²) < 4.78 is 13.0. The van der Waals surface area contributed by atoms with Crippen LogP contribution in [-0.2, 0) is 17.8 Å². The molecule has 0 aliphatic carbocycles. The number of aromatic nitrogens is 2. The number of rotatable bonds is 10. The molecule has 0 aliphatic heterocycles. The first-order chi connectivity index (χ1) is 14.5. The van der Waals surface area contributed by atoms with E-state index in [0.29, 0.717) is 24.5 Å². The minimum absolute atomic E-state index is 0.0132. The van der Waals surface area contributed by atoms with E-state index in [1.54, 1.807) is 12.1 Å². The fraction of sp³-hybridized carbons (Fsp3) is 0.304. The molecule has 1 amide bonds. The zero-order valence-electron chi connectivity index (χ0n) is 17.0. The molecule has 1 heterocycles. The Bertz CT molecular complexity index is 958. The average Bonchev–Trinajstić information content (AvgIpc) is 3.21. The maximum atomic E-state index is 13.0. The van der Waals surface area contributed by atoms with Crippen molar-refractivity contribution in [3.8, 4) is 11.3 Å². The number of halogens is 2. The number of hydrogen-bond donors (Lipinski definition) is 2. The van der Waals surface area contributed by atoms with Crippen LogP contribution in [-0.4, -0.2) is 41.1 Å². The number of benzene rings is 2. The molecule has 30 heavy (non-hydrogen) atoms. The predicted octanol–water partition coefficient (Wildman–Crippen LogP) is 4.44. The van der Waals surface area contributed by atoms with Gasteiger partial charge in [0.05, 0.1) is 5.69 Å². The second-order valence-electron chi connectivity index (χ2n) is 7.31. The second-order valence-corrected chi connectivity index (χ2v) is 7.72. The molecule has 0 fully saturated rings. The van der Waals surface area contributed by atoms with Crippen LogP contribution in [0, 0.1) is 5.82 Å². The van der Waals surface area contributed by atoms with Crippen LogP contribution in [0.3, 0.4) is 0 Å². The van der Waals surface area contributed by atoms with Gasteiger partial charge in [0.25, 0.3) is 0 Å². The van der Waals surface area contributed by atoms with Gasteiger partial charge in [0.2, 0.25) is 5.91 Å². The van der Waals surface area contributed by atoms with E-state index in [9.17, 15) is 9.18 Å². The standard InChI is InChI=1S/C23H26ClFN4O/c1-29(14-12-23(30)26-16-18-5-2-3-7-21(18)24)13-4-6-20-15-22(28-27-20)17-8-10-19(25)11-9-17/h2-3,5,7-11,15H,4,6,12-14,16H2,1H3,(H,26,30)(H,27,28). The van der Waals surface area contributed by atoms with Crippen molar-refractivity contribution < 1.29 is 9.18 Å². The zero-order chi connectivity index (χ0) is 21.3. The van der Waals surface area contributed by atoms with Crippen molar-refractivity contribution in [2.24, 2.45) is 0 Å². The lowest BCUT2D eigenvalue weighted by Crippen LogP contribution is -2.29. The minimum atomic E-state index is -0.255. The van der Waals surface area contributed by atoms with E-state index < -0.39 is 0 Å².